The van der Waals surface area contributed by atoms with Crippen LogP contribution in [0, 0.1) is 0 Å². The van der Waals surface area contributed by atoms with E-state index in [9.17, 15) is 9.90 Å². The molecule has 0 aliphatic rings. The van der Waals surface area contributed by atoms with Crippen LogP contribution in [0.2, 0.25) is 0 Å². The molecule has 106 valence electrons. The average molecular weight is 291 g/mol. The minimum Gasteiger partial charge on any atom is -0.469 e. The summed E-state index contributed by atoms with van der Waals surface area (Å²) in [7, 11) is 1.39. The van der Waals surface area contributed by atoms with Crippen molar-refractivity contribution in [1.29, 1.82) is 0 Å². The molecule has 0 bridgehead atoms. The van der Waals surface area contributed by atoms with Crippen molar-refractivity contribution < 1.29 is 14.6 Å². The Hall–Kier alpha value is -1.85. The first-order chi connectivity index (χ1) is 9.72. The van der Waals surface area contributed by atoms with Gasteiger partial charge in [-0.3, -0.25) is 4.79 Å². The zero-order chi connectivity index (χ0) is 14.4. The van der Waals surface area contributed by atoms with Gasteiger partial charge >= 0.3 is 5.97 Å². The molecule has 1 aromatic heterocycles. The molecular formula is C15H17NO3S. The van der Waals surface area contributed by atoms with Crippen LogP contribution in [-0.4, -0.2) is 18.2 Å². The van der Waals surface area contributed by atoms with Gasteiger partial charge in [0.1, 0.15) is 0 Å². The van der Waals surface area contributed by atoms with Crippen molar-refractivity contribution in [2.24, 2.45) is 0 Å². The predicted octanol–water partition coefficient (Wildman–Crippen LogP) is 2.57. The summed E-state index contributed by atoms with van der Waals surface area (Å²) in [6.07, 6.45) is 0.314. The first-order valence-electron chi connectivity index (χ1n) is 6.30. The van der Waals surface area contributed by atoms with Crippen LogP contribution in [0.4, 0.5) is 5.69 Å². The maximum absolute atomic E-state index is 11.2. The highest BCUT2D eigenvalue weighted by atomic mass is 32.1. The summed E-state index contributed by atoms with van der Waals surface area (Å²) in [4.78, 5) is 13.3. The van der Waals surface area contributed by atoms with Gasteiger partial charge < -0.3 is 15.2 Å². The molecule has 5 heteroatoms. The van der Waals surface area contributed by atoms with Crippen LogP contribution in [0.5, 0.6) is 0 Å². The highest BCUT2D eigenvalue weighted by Crippen LogP contribution is 2.20. The molecule has 0 saturated heterocycles. The topological polar surface area (TPSA) is 58.6 Å². The number of hydrogen-bond donors (Lipinski definition) is 2. The van der Waals surface area contributed by atoms with Gasteiger partial charge in [0, 0.05) is 27.5 Å². The standard InChI is InChI=1S/C15H17NO3S/c1-19-15(18)8-12-6-7-13(20-12)9-16-14-5-3-2-4-11(14)10-17/h2-7,16-17H,8-10H2,1H3. The second kappa shape index (κ2) is 7.07. The van der Waals surface area contributed by atoms with Crippen LogP contribution in [0.3, 0.4) is 0 Å². The maximum atomic E-state index is 11.2. The lowest BCUT2D eigenvalue weighted by molar-refractivity contribution is -0.139. The molecule has 0 saturated carbocycles. The fourth-order valence-corrected chi connectivity index (χ4v) is 2.78. The second-order valence-corrected chi connectivity index (χ2v) is 5.54. The van der Waals surface area contributed by atoms with Crippen LogP contribution in [-0.2, 0) is 29.1 Å². The van der Waals surface area contributed by atoms with Gasteiger partial charge in [0.15, 0.2) is 0 Å². The minimum absolute atomic E-state index is 0.0151. The molecule has 0 unspecified atom stereocenters. The monoisotopic (exact) mass is 291 g/mol. The number of aliphatic hydroxyl groups excluding tert-OH is 1. The zero-order valence-electron chi connectivity index (χ0n) is 11.3. The number of carbonyl (C=O) groups excluding carboxylic acids is 1. The molecule has 2 aromatic rings. The Bertz CT molecular complexity index is 580. The highest BCUT2D eigenvalue weighted by molar-refractivity contribution is 7.12. The number of para-hydroxylation sites is 1. The Kier molecular flexibility index (Phi) is 5.15. The first kappa shape index (κ1) is 14.6. The number of rotatable bonds is 6. The van der Waals surface area contributed by atoms with E-state index >= 15 is 0 Å². The Morgan fingerprint density at radius 1 is 1.25 bits per heavy atom. The Balaban J connectivity index is 1.96. The third-order valence-electron chi connectivity index (χ3n) is 2.90. The number of methoxy groups -OCH3 is 1. The van der Waals surface area contributed by atoms with E-state index in [4.69, 9.17) is 0 Å². The molecule has 0 aliphatic heterocycles. The van der Waals surface area contributed by atoms with E-state index < -0.39 is 0 Å². The molecule has 20 heavy (non-hydrogen) atoms. The summed E-state index contributed by atoms with van der Waals surface area (Å²) in [5.41, 5.74) is 1.80. The van der Waals surface area contributed by atoms with Gasteiger partial charge in [-0.2, -0.15) is 0 Å². The number of anilines is 1. The summed E-state index contributed by atoms with van der Waals surface area (Å²) in [6.45, 7) is 0.685. The molecule has 2 N–H and O–H groups in total. The van der Waals surface area contributed by atoms with E-state index in [0.29, 0.717) is 13.0 Å². The molecule has 1 aromatic carbocycles. The van der Waals surface area contributed by atoms with Crippen LogP contribution >= 0.6 is 11.3 Å². The number of esters is 1. The van der Waals surface area contributed by atoms with E-state index in [1.807, 2.05) is 36.4 Å². The van der Waals surface area contributed by atoms with E-state index in [1.54, 1.807) is 11.3 Å². The Labute approximate surface area is 122 Å². The van der Waals surface area contributed by atoms with Gasteiger partial charge in [0.05, 0.1) is 20.1 Å². The molecule has 2 rings (SSSR count). The van der Waals surface area contributed by atoms with E-state index in [1.165, 1.54) is 7.11 Å². The SMILES string of the molecule is COC(=O)Cc1ccc(CNc2ccccc2CO)s1. The van der Waals surface area contributed by atoms with Crippen molar-refractivity contribution in [2.45, 2.75) is 19.6 Å². The van der Waals surface area contributed by atoms with E-state index in [2.05, 4.69) is 10.1 Å². The summed E-state index contributed by atoms with van der Waals surface area (Å²) in [6, 6.07) is 11.6. The van der Waals surface area contributed by atoms with Crippen molar-refractivity contribution in [1.82, 2.24) is 0 Å². The molecule has 0 spiro atoms. The summed E-state index contributed by atoms with van der Waals surface area (Å²) < 4.78 is 4.65. The van der Waals surface area contributed by atoms with Crippen molar-refractivity contribution in [3.05, 3.63) is 51.7 Å². The highest BCUT2D eigenvalue weighted by Gasteiger charge is 2.06. The molecule has 4 nitrogen and oxygen atoms in total. The Morgan fingerprint density at radius 2 is 2.00 bits per heavy atom. The minimum atomic E-state index is -0.225. The summed E-state index contributed by atoms with van der Waals surface area (Å²) >= 11 is 1.58. The normalized spacial score (nSPS) is 10.3. The lowest BCUT2D eigenvalue weighted by Crippen LogP contribution is -2.02. The smallest absolute Gasteiger partial charge is 0.310 e. The van der Waals surface area contributed by atoms with Crippen LogP contribution < -0.4 is 5.32 Å². The van der Waals surface area contributed by atoms with Gasteiger partial charge in [-0.25, -0.2) is 0 Å². The molecule has 0 amide bonds. The lowest BCUT2D eigenvalue weighted by Gasteiger charge is -2.09. The van der Waals surface area contributed by atoms with Crippen molar-refractivity contribution in [3.8, 4) is 0 Å². The number of thiophene rings is 1. The number of benzene rings is 1. The largest absolute Gasteiger partial charge is 0.469 e. The average Bonchev–Trinajstić information content (AvgIpc) is 2.92. The van der Waals surface area contributed by atoms with Crippen LogP contribution in [0.1, 0.15) is 15.3 Å². The third kappa shape index (κ3) is 3.82. The molecule has 0 radical (unpaired) electrons. The number of ether oxygens (including phenoxy) is 1. The third-order valence-corrected chi connectivity index (χ3v) is 3.99. The second-order valence-electron chi connectivity index (χ2n) is 4.29. The molecule has 0 fully saturated rings. The molecular weight excluding hydrogens is 274 g/mol. The van der Waals surface area contributed by atoms with Crippen molar-refractivity contribution in [2.75, 3.05) is 12.4 Å². The van der Waals surface area contributed by atoms with E-state index in [-0.39, 0.29) is 12.6 Å². The number of hydrogen-bond acceptors (Lipinski definition) is 5. The molecule has 1 heterocycles. The number of nitrogens with one attached hydrogen (secondary N) is 1. The van der Waals surface area contributed by atoms with Crippen molar-refractivity contribution >= 4 is 23.0 Å². The first-order valence-corrected chi connectivity index (χ1v) is 7.11. The molecule has 0 aliphatic carbocycles. The predicted molar refractivity (Wildman–Crippen MR) is 79.7 cm³/mol. The number of carbonyl (C=O) groups is 1. The van der Waals surface area contributed by atoms with Crippen LogP contribution in [0.15, 0.2) is 36.4 Å². The fourth-order valence-electron chi connectivity index (χ4n) is 1.84. The lowest BCUT2D eigenvalue weighted by atomic mass is 10.2. The van der Waals surface area contributed by atoms with E-state index in [0.717, 1.165) is 21.0 Å². The zero-order valence-corrected chi connectivity index (χ0v) is 12.1. The number of aliphatic hydroxyl groups is 1. The Morgan fingerprint density at radius 3 is 2.75 bits per heavy atom. The van der Waals surface area contributed by atoms with Gasteiger partial charge in [-0.05, 0) is 18.2 Å². The van der Waals surface area contributed by atoms with Gasteiger partial charge in [0.2, 0.25) is 0 Å². The van der Waals surface area contributed by atoms with Gasteiger partial charge in [-0.1, -0.05) is 18.2 Å². The van der Waals surface area contributed by atoms with Gasteiger partial charge in [-0.15, -0.1) is 11.3 Å². The van der Waals surface area contributed by atoms with Crippen molar-refractivity contribution in [3.63, 3.8) is 0 Å². The summed E-state index contributed by atoms with van der Waals surface area (Å²) in [5, 5.41) is 12.6. The fraction of sp³-hybridized carbons (Fsp3) is 0.267. The summed E-state index contributed by atoms with van der Waals surface area (Å²) in [5.74, 6) is -0.225. The van der Waals surface area contributed by atoms with Crippen LogP contribution in [0.25, 0.3) is 0 Å². The van der Waals surface area contributed by atoms with Gasteiger partial charge in [0.25, 0.3) is 0 Å². The molecule has 0 atom stereocenters. The quantitative estimate of drug-likeness (QED) is 0.803. The maximum Gasteiger partial charge on any atom is 0.310 e.